The maximum Gasteiger partial charge on any atom is 0.120 e. The van der Waals surface area contributed by atoms with E-state index in [2.05, 4.69) is 26.1 Å². The highest BCUT2D eigenvalue weighted by atomic mass is 16.3. The Morgan fingerprint density at radius 1 is 1.44 bits per heavy atom. The molecule has 16 heavy (non-hydrogen) atoms. The number of aliphatic hydroxyl groups is 1. The molecule has 2 atom stereocenters. The second-order valence-corrected chi connectivity index (χ2v) is 5.56. The smallest absolute Gasteiger partial charge is 0.120 e. The molecule has 0 aliphatic heterocycles. The van der Waals surface area contributed by atoms with Gasteiger partial charge in [-0.25, -0.2) is 0 Å². The standard InChI is InChI=1S/C13H23NO2/c1-10(12-6-5-7-16-12)14-9-11(15)8-13(2,3)4/h5-7,10-11,14-15H,8-9H2,1-4H3. The molecule has 0 bridgehead atoms. The van der Waals surface area contributed by atoms with Gasteiger partial charge in [0.2, 0.25) is 0 Å². The molecule has 0 spiro atoms. The predicted octanol–water partition coefficient (Wildman–Crippen LogP) is 2.73. The number of nitrogens with one attached hydrogen (secondary N) is 1. The lowest BCUT2D eigenvalue weighted by Crippen LogP contribution is -2.31. The normalized spacial score (nSPS) is 16.1. The molecular formula is C13H23NO2. The van der Waals surface area contributed by atoms with E-state index >= 15 is 0 Å². The molecule has 3 nitrogen and oxygen atoms in total. The molecule has 0 radical (unpaired) electrons. The maximum atomic E-state index is 9.84. The first-order chi connectivity index (χ1) is 7.38. The predicted molar refractivity (Wildman–Crippen MR) is 65.2 cm³/mol. The molecule has 1 aromatic rings. The SMILES string of the molecule is CC(NCC(O)CC(C)(C)C)c1ccco1. The van der Waals surface area contributed by atoms with Crippen LogP contribution in [0, 0.1) is 5.41 Å². The van der Waals surface area contributed by atoms with Gasteiger partial charge in [0.25, 0.3) is 0 Å². The molecule has 92 valence electrons. The van der Waals surface area contributed by atoms with Crippen LogP contribution in [0.2, 0.25) is 0 Å². The van der Waals surface area contributed by atoms with Gasteiger partial charge in [0.15, 0.2) is 0 Å². The van der Waals surface area contributed by atoms with E-state index in [0.717, 1.165) is 12.2 Å². The Kier molecular flexibility index (Phi) is 4.56. The van der Waals surface area contributed by atoms with E-state index in [9.17, 15) is 5.11 Å². The van der Waals surface area contributed by atoms with Crippen LogP contribution in [0.25, 0.3) is 0 Å². The van der Waals surface area contributed by atoms with Gasteiger partial charge in [0.05, 0.1) is 18.4 Å². The van der Waals surface area contributed by atoms with Crippen molar-refractivity contribution >= 4 is 0 Å². The average molecular weight is 225 g/mol. The van der Waals surface area contributed by atoms with E-state index in [4.69, 9.17) is 4.42 Å². The summed E-state index contributed by atoms with van der Waals surface area (Å²) in [7, 11) is 0. The molecule has 1 heterocycles. The zero-order valence-electron chi connectivity index (χ0n) is 10.7. The molecule has 2 N–H and O–H groups in total. The van der Waals surface area contributed by atoms with E-state index in [0.29, 0.717) is 6.54 Å². The number of aliphatic hydroxyl groups excluding tert-OH is 1. The van der Waals surface area contributed by atoms with Gasteiger partial charge in [-0.05, 0) is 30.9 Å². The van der Waals surface area contributed by atoms with Crippen LogP contribution in [-0.4, -0.2) is 17.8 Å². The fourth-order valence-electron chi connectivity index (χ4n) is 1.73. The summed E-state index contributed by atoms with van der Waals surface area (Å²) in [5, 5.41) is 13.1. The highest BCUT2D eigenvalue weighted by molar-refractivity contribution is 5.02. The molecule has 1 aromatic heterocycles. The zero-order valence-corrected chi connectivity index (χ0v) is 10.7. The monoisotopic (exact) mass is 225 g/mol. The number of rotatable bonds is 5. The highest BCUT2D eigenvalue weighted by Crippen LogP contribution is 2.21. The summed E-state index contributed by atoms with van der Waals surface area (Å²) in [4.78, 5) is 0. The van der Waals surface area contributed by atoms with Crippen LogP contribution in [0.15, 0.2) is 22.8 Å². The first-order valence-electron chi connectivity index (χ1n) is 5.83. The summed E-state index contributed by atoms with van der Waals surface area (Å²) >= 11 is 0. The van der Waals surface area contributed by atoms with Crippen molar-refractivity contribution in [2.24, 2.45) is 5.41 Å². The Morgan fingerprint density at radius 3 is 2.62 bits per heavy atom. The van der Waals surface area contributed by atoms with Gasteiger partial charge in [-0.1, -0.05) is 20.8 Å². The zero-order chi connectivity index (χ0) is 12.2. The van der Waals surface area contributed by atoms with Gasteiger partial charge in [-0.2, -0.15) is 0 Å². The van der Waals surface area contributed by atoms with Crippen molar-refractivity contribution in [2.45, 2.75) is 46.3 Å². The summed E-state index contributed by atoms with van der Waals surface area (Å²) in [6.07, 6.45) is 2.15. The van der Waals surface area contributed by atoms with E-state index in [1.54, 1.807) is 6.26 Å². The molecule has 1 rings (SSSR count). The van der Waals surface area contributed by atoms with E-state index in [1.807, 2.05) is 19.1 Å². The van der Waals surface area contributed by atoms with E-state index in [-0.39, 0.29) is 17.6 Å². The third-order valence-electron chi connectivity index (χ3n) is 2.48. The molecule has 0 amide bonds. The molecule has 0 saturated heterocycles. The van der Waals surface area contributed by atoms with Crippen LogP contribution >= 0.6 is 0 Å². The molecule has 0 aromatic carbocycles. The maximum absolute atomic E-state index is 9.84. The Balaban J connectivity index is 2.29. The van der Waals surface area contributed by atoms with E-state index < -0.39 is 0 Å². The van der Waals surface area contributed by atoms with Gasteiger partial charge < -0.3 is 14.8 Å². The van der Waals surface area contributed by atoms with Gasteiger partial charge >= 0.3 is 0 Å². The second-order valence-electron chi connectivity index (χ2n) is 5.56. The minimum absolute atomic E-state index is 0.143. The van der Waals surface area contributed by atoms with Crippen LogP contribution in [0.5, 0.6) is 0 Å². The van der Waals surface area contributed by atoms with Crippen molar-refractivity contribution in [2.75, 3.05) is 6.54 Å². The topological polar surface area (TPSA) is 45.4 Å². The van der Waals surface area contributed by atoms with Crippen LogP contribution in [-0.2, 0) is 0 Å². The Hall–Kier alpha value is -0.800. The van der Waals surface area contributed by atoms with Crippen molar-refractivity contribution in [3.8, 4) is 0 Å². The first kappa shape index (κ1) is 13.3. The Bertz CT molecular complexity index is 287. The lowest BCUT2D eigenvalue weighted by atomic mass is 9.89. The number of hydrogen-bond donors (Lipinski definition) is 2. The van der Waals surface area contributed by atoms with Crippen LogP contribution < -0.4 is 5.32 Å². The largest absolute Gasteiger partial charge is 0.468 e. The fraction of sp³-hybridized carbons (Fsp3) is 0.692. The van der Waals surface area contributed by atoms with Gasteiger partial charge in [-0.15, -0.1) is 0 Å². The van der Waals surface area contributed by atoms with Crippen LogP contribution in [0.4, 0.5) is 0 Å². The third-order valence-corrected chi connectivity index (χ3v) is 2.48. The Labute approximate surface area is 97.9 Å². The molecule has 0 aliphatic rings. The van der Waals surface area contributed by atoms with Crippen LogP contribution in [0.3, 0.4) is 0 Å². The van der Waals surface area contributed by atoms with Crippen molar-refractivity contribution in [3.63, 3.8) is 0 Å². The van der Waals surface area contributed by atoms with Gasteiger partial charge in [0, 0.05) is 6.54 Å². The lowest BCUT2D eigenvalue weighted by molar-refractivity contribution is 0.116. The summed E-state index contributed by atoms with van der Waals surface area (Å²) < 4.78 is 5.28. The van der Waals surface area contributed by atoms with Gasteiger partial charge in [0.1, 0.15) is 5.76 Å². The lowest BCUT2D eigenvalue weighted by Gasteiger charge is -2.23. The van der Waals surface area contributed by atoms with Gasteiger partial charge in [-0.3, -0.25) is 0 Å². The average Bonchev–Trinajstić information content (AvgIpc) is 2.64. The first-order valence-corrected chi connectivity index (χ1v) is 5.83. The van der Waals surface area contributed by atoms with Crippen molar-refractivity contribution < 1.29 is 9.52 Å². The third kappa shape index (κ3) is 4.81. The van der Waals surface area contributed by atoms with Crippen molar-refractivity contribution in [1.82, 2.24) is 5.32 Å². The summed E-state index contributed by atoms with van der Waals surface area (Å²) in [5.74, 6) is 0.906. The fourth-order valence-corrected chi connectivity index (χ4v) is 1.73. The second kappa shape index (κ2) is 5.51. The van der Waals surface area contributed by atoms with Crippen molar-refractivity contribution in [3.05, 3.63) is 24.2 Å². The molecule has 0 fully saturated rings. The number of furan rings is 1. The number of hydrogen-bond acceptors (Lipinski definition) is 3. The van der Waals surface area contributed by atoms with E-state index in [1.165, 1.54) is 0 Å². The molecule has 2 unspecified atom stereocenters. The summed E-state index contributed by atoms with van der Waals surface area (Å²) in [6.45, 7) is 9.02. The summed E-state index contributed by atoms with van der Waals surface area (Å²) in [5.41, 5.74) is 0.162. The van der Waals surface area contributed by atoms with Crippen molar-refractivity contribution in [1.29, 1.82) is 0 Å². The summed E-state index contributed by atoms with van der Waals surface area (Å²) in [6, 6.07) is 3.96. The quantitative estimate of drug-likeness (QED) is 0.810. The Morgan fingerprint density at radius 2 is 2.12 bits per heavy atom. The minimum Gasteiger partial charge on any atom is -0.468 e. The molecular weight excluding hydrogens is 202 g/mol. The highest BCUT2D eigenvalue weighted by Gasteiger charge is 2.17. The molecule has 3 heteroatoms. The minimum atomic E-state index is -0.308. The van der Waals surface area contributed by atoms with Crippen LogP contribution in [0.1, 0.15) is 45.9 Å². The molecule has 0 aliphatic carbocycles. The molecule has 0 saturated carbocycles.